The van der Waals surface area contributed by atoms with Gasteiger partial charge in [-0.3, -0.25) is 0 Å². The third kappa shape index (κ3) is 3.79. The summed E-state index contributed by atoms with van der Waals surface area (Å²) in [5.41, 5.74) is 4.77. The Morgan fingerprint density at radius 1 is 1.33 bits per heavy atom. The fraction of sp³-hybridized carbons (Fsp3) is 0.647. The molecule has 0 radical (unpaired) electrons. The Bertz CT molecular complexity index is 443. The van der Waals surface area contributed by atoms with Crippen LogP contribution in [0.15, 0.2) is 11.6 Å². The Labute approximate surface area is 114 Å². The summed E-state index contributed by atoms with van der Waals surface area (Å²) >= 11 is 0. The Morgan fingerprint density at radius 2 is 2.00 bits per heavy atom. The van der Waals surface area contributed by atoms with Crippen molar-refractivity contribution < 1.29 is 0 Å². The van der Waals surface area contributed by atoms with Gasteiger partial charge in [-0.1, -0.05) is 51.8 Å². The van der Waals surface area contributed by atoms with Gasteiger partial charge in [0.1, 0.15) is 8.07 Å². The fourth-order valence-electron chi connectivity index (χ4n) is 2.07. The lowest BCUT2D eigenvalue weighted by Gasteiger charge is -2.30. The van der Waals surface area contributed by atoms with E-state index in [1.165, 1.54) is 18.4 Å². The van der Waals surface area contributed by atoms with E-state index in [1.807, 2.05) is 6.92 Å². The van der Waals surface area contributed by atoms with Crippen LogP contribution in [-0.2, 0) is 0 Å². The molecule has 1 aliphatic carbocycles. The Kier molecular flexibility index (Phi) is 4.89. The first-order valence-electron chi connectivity index (χ1n) is 6.94. The molecule has 0 aromatic rings. The summed E-state index contributed by atoms with van der Waals surface area (Å²) in [6.07, 6.45) is 5.99. The molecular formula is C17H26Si. The first-order chi connectivity index (χ1) is 8.28. The number of hydrogen-bond acceptors (Lipinski definition) is 0. The average molecular weight is 258 g/mol. The van der Waals surface area contributed by atoms with Gasteiger partial charge in [-0.15, -0.1) is 11.5 Å². The van der Waals surface area contributed by atoms with E-state index in [9.17, 15) is 0 Å². The van der Waals surface area contributed by atoms with E-state index in [4.69, 9.17) is 0 Å². The zero-order valence-corrected chi connectivity index (χ0v) is 13.8. The minimum absolute atomic E-state index is 0.0531. The number of rotatable bonds is 1. The molecule has 0 nitrogen and oxygen atoms in total. The van der Waals surface area contributed by atoms with Gasteiger partial charge >= 0.3 is 0 Å². The lowest BCUT2D eigenvalue weighted by Crippen LogP contribution is -2.36. The van der Waals surface area contributed by atoms with E-state index >= 15 is 0 Å². The molecule has 0 saturated heterocycles. The predicted octanol–water partition coefficient (Wildman–Crippen LogP) is 4.79. The van der Waals surface area contributed by atoms with E-state index < -0.39 is 8.07 Å². The van der Waals surface area contributed by atoms with E-state index in [0.29, 0.717) is 0 Å². The van der Waals surface area contributed by atoms with Crippen molar-refractivity contribution in [2.24, 2.45) is 5.92 Å². The molecule has 0 heterocycles. The molecule has 1 aliphatic rings. The van der Waals surface area contributed by atoms with Crippen LogP contribution < -0.4 is 0 Å². The molecule has 0 saturated carbocycles. The highest BCUT2D eigenvalue weighted by molar-refractivity contribution is 6.88. The van der Waals surface area contributed by atoms with Crippen molar-refractivity contribution in [1.29, 1.82) is 0 Å². The van der Waals surface area contributed by atoms with Crippen LogP contribution in [0, 0.1) is 29.2 Å². The van der Waals surface area contributed by atoms with E-state index in [2.05, 4.69) is 63.2 Å². The normalized spacial score (nSPS) is 20.1. The topological polar surface area (TPSA) is 0 Å². The molecule has 98 valence electrons. The van der Waals surface area contributed by atoms with Gasteiger partial charge in [0, 0.05) is 5.04 Å². The summed E-state index contributed by atoms with van der Waals surface area (Å²) in [5, 5.41) is 0.0531. The second-order valence-corrected chi connectivity index (χ2v) is 11.2. The van der Waals surface area contributed by atoms with Crippen molar-refractivity contribution in [2.45, 2.75) is 65.1 Å². The van der Waals surface area contributed by atoms with Crippen LogP contribution in [0.3, 0.4) is 0 Å². The van der Waals surface area contributed by atoms with Crippen LogP contribution in [0.1, 0.15) is 47.0 Å². The lowest BCUT2D eigenvalue weighted by atomic mass is 9.90. The monoisotopic (exact) mass is 258 g/mol. The quantitative estimate of drug-likeness (QED) is 0.469. The van der Waals surface area contributed by atoms with Crippen molar-refractivity contribution in [3.8, 4) is 23.3 Å². The van der Waals surface area contributed by atoms with E-state index in [-0.39, 0.29) is 5.04 Å². The molecule has 0 spiro atoms. The third-order valence-corrected chi connectivity index (χ3v) is 8.28. The first-order valence-corrected chi connectivity index (χ1v) is 9.94. The van der Waals surface area contributed by atoms with Crippen molar-refractivity contribution in [3.05, 3.63) is 11.6 Å². The Morgan fingerprint density at radius 3 is 2.56 bits per heavy atom. The zero-order chi connectivity index (χ0) is 13.8. The fourth-order valence-corrected chi connectivity index (χ4v) is 3.38. The lowest BCUT2D eigenvalue weighted by molar-refractivity contribution is 0.517. The summed E-state index contributed by atoms with van der Waals surface area (Å²) in [4.78, 5) is 0. The minimum Gasteiger partial charge on any atom is -0.131 e. The van der Waals surface area contributed by atoms with Crippen LogP contribution in [0.25, 0.3) is 0 Å². The molecule has 1 unspecified atom stereocenters. The van der Waals surface area contributed by atoms with Gasteiger partial charge in [0.25, 0.3) is 0 Å². The molecule has 0 aliphatic heterocycles. The van der Waals surface area contributed by atoms with Crippen LogP contribution in [0.4, 0.5) is 0 Å². The van der Waals surface area contributed by atoms with Gasteiger partial charge in [-0.2, -0.15) is 0 Å². The highest BCUT2D eigenvalue weighted by atomic mass is 28.3. The van der Waals surface area contributed by atoms with Gasteiger partial charge in [-0.25, -0.2) is 0 Å². The molecule has 0 aromatic carbocycles. The molecule has 0 amide bonds. The molecular weight excluding hydrogens is 232 g/mol. The molecule has 18 heavy (non-hydrogen) atoms. The average Bonchev–Trinajstić information content (AvgIpc) is 2.26. The molecule has 0 bridgehead atoms. The maximum absolute atomic E-state index is 3.52. The largest absolute Gasteiger partial charge is 0.149 e. The SMILES string of the molecule is CC#C[Si](C)(C)C(C)(C)C#CC1=CCCC(C)C1. The van der Waals surface area contributed by atoms with Gasteiger partial charge in [-0.05, 0) is 37.7 Å². The number of allylic oxidation sites excluding steroid dienone is 2. The maximum Gasteiger partial charge on any atom is 0.149 e. The summed E-state index contributed by atoms with van der Waals surface area (Å²) in [6.45, 7) is 13.4. The molecule has 1 heteroatoms. The second kappa shape index (κ2) is 5.81. The molecule has 1 rings (SSSR count). The van der Waals surface area contributed by atoms with Crippen molar-refractivity contribution in [1.82, 2.24) is 0 Å². The van der Waals surface area contributed by atoms with Crippen LogP contribution in [0.2, 0.25) is 18.1 Å². The van der Waals surface area contributed by atoms with Crippen molar-refractivity contribution in [2.75, 3.05) is 0 Å². The molecule has 0 N–H and O–H groups in total. The first kappa shape index (κ1) is 15.1. The second-order valence-electron chi connectivity index (χ2n) is 6.49. The van der Waals surface area contributed by atoms with Crippen LogP contribution in [-0.4, -0.2) is 8.07 Å². The highest BCUT2D eigenvalue weighted by Crippen LogP contribution is 2.36. The van der Waals surface area contributed by atoms with Crippen LogP contribution >= 0.6 is 0 Å². The third-order valence-electron chi connectivity index (χ3n) is 4.15. The standard InChI is InChI=1S/C17H26Si/c1-7-13-18(5,6)17(3,4)12-11-16-10-8-9-15(2)14-16/h10,15H,8-9,14H2,1-6H3. The Hall–Kier alpha value is -0.923. The van der Waals surface area contributed by atoms with Crippen LogP contribution in [0.5, 0.6) is 0 Å². The summed E-state index contributed by atoms with van der Waals surface area (Å²) in [5.74, 6) is 10.8. The highest BCUT2D eigenvalue weighted by Gasteiger charge is 2.36. The molecule has 0 fully saturated rings. The predicted molar refractivity (Wildman–Crippen MR) is 83.8 cm³/mol. The van der Waals surface area contributed by atoms with Gasteiger partial charge in [0.2, 0.25) is 0 Å². The van der Waals surface area contributed by atoms with Gasteiger partial charge in [0.15, 0.2) is 0 Å². The number of hydrogen-bond donors (Lipinski definition) is 0. The van der Waals surface area contributed by atoms with E-state index in [0.717, 1.165) is 12.3 Å². The van der Waals surface area contributed by atoms with Crippen molar-refractivity contribution >= 4 is 8.07 Å². The molecule has 1 atom stereocenters. The smallest absolute Gasteiger partial charge is 0.131 e. The van der Waals surface area contributed by atoms with Gasteiger partial charge < -0.3 is 0 Å². The summed E-state index contributed by atoms with van der Waals surface area (Å²) in [7, 11) is -1.59. The van der Waals surface area contributed by atoms with Crippen molar-refractivity contribution in [3.63, 3.8) is 0 Å². The summed E-state index contributed by atoms with van der Waals surface area (Å²) in [6, 6.07) is 0. The summed E-state index contributed by atoms with van der Waals surface area (Å²) < 4.78 is 0. The maximum atomic E-state index is 3.52. The van der Waals surface area contributed by atoms with Gasteiger partial charge in [0.05, 0.1) is 0 Å². The molecule has 0 aromatic heterocycles. The zero-order valence-electron chi connectivity index (χ0n) is 12.8. The minimum atomic E-state index is -1.59. The van der Waals surface area contributed by atoms with E-state index in [1.54, 1.807) is 0 Å². The Balaban J connectivity index is 2.89.